The average molecular weight is 215 g/mol. The first kappa shape index (κ1) is 10.5. The highest BCUT2D eigenvalue weighted by atomic mass is 16.3. The standard InChI is InChI=1S/C13H13NO2/c1-2-11-7-8-12(16-11)13(15)9-3-5-10(14)6-4-9/h3-8H,2,14H2,1H3. The van der Waals surface area contributed by atoms with Crippen molar-refractivity contribution in [1.82, 2.24) is 0 Å². The summed E-state index contributed by atoms with van der Waals surface area (Å²) in [5.41, 5.74) is 6.79. The fourth-order valence-corrected chi connectivity index (χ4v) is 1.47. The molecule has 1 heterocycles. The van der Waals surface area contributed by atoms with Crippen LogP contribution in [0.2, 0.25) is 0 Å². The van der Waals surface area contributed by atoms with Crippen LogP contribution in [0.25, 0.3) is 0 Å². The second-order valence-electron chi connectivity index (χ2n) is 3.57. The SMILES string of the molecule is CCc1ccc(C(=O)c2ccc(N)cc2)o1. The topological polar surface area (TPSA) is 56.2 Å². The molecule has 3 heteroatoms. The summed E-state index contributed by atoms with van der Waals surface area (Å²) in [6, 6.07) is 10.3. The van der Waals surface area contributed by atoms with Crippen molar-refractivity contribution in [3.8, 4) is 0 Å². The Morgan fingerprint density at radius 1 is 1.19 bits per heavy atom. The van der Waals surface area contributed by atoms with E-state index in [1.807, 2.05) is 13.0 Å². The van der Waals surface area contributed by atoms with E-state index in [1.165, 1.54) is 0 Å². The van der Waals surface area contributed by atoms with Crippen LogP contribution in [0.3, 0.4) is 0 Å². The average Bonchev–Trinajstić information content (AvgIpc) is 2.77. The molecular formula is C13H13NO2. The zero-order valence-corrected chi connectivity index (χ0v) is 9.07. The number of nitrogen functional groups attached to an aromatic ring is 1. The Morgan fingerprint density at radius 3 is 2.44 bits per heavy atom. The molecule has 0 radical (unpaired) electrons. The highest BCUT2D eigenvalue weighted by molar-refractivity contribution is 6.07. The predicted octanol–water partition coefficient (Wildman–Crippen LogP) is 2.66. The molecule has 2 aromatic rings. The second kappa shape index (κ2) is 4.23. The Kier molecular flexibility index (Phi) is 2.77. The van der Waals surface area contributed by atoms with Gasteiger partial charge < -0.3 is 10.2 Å². The van der Waals surface area contributed by atoms with E-state index in [0.717, 1.165) is 12.2 Å². The Morgan fingerprint density at radius 2 is 1.88 bits per heavy atom. The molecule has 3 nitrogen and oxygen atoms in total. The van der Waals surface area contributed by atoms with Crippen LogP contribution in [0.1, 0.15) is 28.8 Å². The first-order chi connectivity index (χ1) is 7.70. The predicted molar refractivity (Wildman–Crippen MR) is 62.4 cm³/mol. The molecule has 0 saturated carbocycles. The number of furan rings is 1. The van der Waals surface area contributed by atoms with Gasteiger partial charge in [0.15, 0.2) is 5.76 Å². The van der Waals surface area contributed by atoms with Gasteiger partial charge >= 0.3 is 0 Å². The summed E-state index contributed by atoms with van der Waals surface area (Å²) in [5.74, 6) is 1.08. The van der Waals surface area contributed by atoms with Gasteiger partial charge in [0.05, 0.1) is 0 Å². The monoisotopic (exact) mass is 215 g/mol. The van der Waals surface area contributed by atoms with Gasteiger partial charge in [-0.1, -0.05) is 6.92 Å². The van der Waals surface area contributed by atoms with E-state index in [4.69, 9.17) is 10.2 Å². The highest BCUT2D eigenvalue weighted by Gasteiger charge is 2.12. The molecule has 0 atom stereocenters. The molecule has 0 aliphatic heterocycles. The summed E-state index contributed by atoms with van der Waals surface area (Å²) in [7, 11) is 0. The molecule has 2 rings (SSSR count). The number of carbonyl (C=O) groups excluding carboxylic acids is 1. The zero-order valence-electron chi connectivity index (χ0n) is 9.07. The van der Waals surface area contributed by atoms with E-state index in [0.29, 0.717) is 17.0 Å². The largest absolute Gasteiger partial charge is 0.458 e. The number of aryl methyl sites for hydroxylation is 1. The van der Waals surface area contributed by atoms with E-state index in [1.54, 1.807) is 30.3 Å². The van der Waals surface area contributed by atoms with Crippen LogP contribution < -0.4 is 5.73 Å². The van der Waals surface area contributed by atoms with Crippen molar-refractivity contribution < 1.29 is 9.21 Å². The first-order valence-corrected chi connectivity index (χ1v) is 5.19. The zero-order chi connectivity index (χ0) is 11.5. The van der Waals surface area contributed by atoms with Crippen LogP contribution in [0.15, 0.2) is 40.8 Å². The maximum atomic E-state index is 12.0. The van der Waals surface area contributed by atoms with Crippen LogP contribution >= 0.6 is 0 Å². The Balaban J connectivity index is 2.28. The normalized spacial score (nSPS) is 10.3. The lowest BCUT2D eigenvalue weighted by atomic mass is 10.1. The maximum Gasteiger partial charge on any atom is 0.228 e. The molecule has 0 aliphatic rings. The Bertz CT molecular complexity index is 497. The molecule has 0 spiro atoms. The molecule has 0 aliphatic carbocycles. The summed E-state index contributed by atoms with van der Waals surface area (Å²) < 4.78 is 5.40. The Labute approximate surface area is 93.9 Å². The van der Waals surface area contributed by atoms with E-state index >= 15 is 0 Å². The molecule has 82 valence electrons. The molecule has 1 aromatic heterocycles. The van der Waals surface area contributed by atoms with E-state index < -0.39 is 0 Å². The number of nitrogens with two attached hydrogens (primary N) is 1. The molecule has 0 unspecified atom stereocenters. The lowest BCUT2D eigenvalue weighted by Gasteiger charge is -1.98. The van der Waals surface area contributed by atoms with Crippen molar-refractivity contribution in [2.75, 3.05) is 5.73 Å². The van der Waals surface area contributed by atoms with Crippen molar-refractivity contribution in [2.24, 2.45) is 0 Å². The van der Waals surface area contributed by atoms with Gasteiger partial charge in [-0.05, 0) is 36.4 Å². The minimum atomic E-state index is -0.111. The summed E-state index contributed by atoms with van der Waals surface area (Å²) in [6.07, 6.45) is 0.787. The fraction of sp³-hybridized carbons (Fsp3) is 0.154. The fourth-order valence-electron chi connectivity index (χ4n) is 1.47. The van der Waals surface area contributed by atoms with Gasteiger partial charge in [0.2, 0.25) is 5.78 Å². The van der Waals surface area contributed by atoms with E-state index in [2.05, 4.69) is 0 Å². The van der Waals surface area contributed by atoms with Gasteiger partial charge in [-0.25, -0.2) is 0 Å². The van der Waals surface area contributed by atoms with Gasteiger partial charge in [-0.15, -0.1) is 0 Å². The summed E-state index contributed by atoms with van der Waals surface area (Å²) >= 11 is 0. The summed E-state index contributed by atoms with van der Waals surface area (Å²) in [5, 5.41) is 0. The third-order valence-corrected chi connectivity index (χ3v) is 2.41. The molecule has 2 N–H and O–H groups in total. The molecule has 0 amide bonds. The number of anilines is 1. The third kappa shape index (κ3) is 1.98. The molecule has 16 heavy (non-hydrogen) atoms. The second-order valence-corrected chi connectivity index (χ2v) is 3.57. The number of benzene rings is 1. The minimum absolute atomic E-state index is 0.111. The molecule has 0 bridgehead atoms. The van der Waals surface area contributed by atoms with Crippen LogP contribution in [0.5, 0.6) is 0 Å². The molecule has 1 aromatic carbocycles. The lowest BCUT2D eigenvalue weighted by molar-refractivity contribution is 0.101. The van der Waals surface area contributed by atoms with Crippen molar-refractivity contribution in [3.63, 3.8) is 0 Å². The lowest BCUT2D eigenvalue weighted by Crippen LogP contribution is -1.99. The summed E-state index contributed by atoms with van der Waals surface area (Å²) in [6.45, 7) is 1.98. The quantitative estimate of drug-likeness (QED) is 0.632. The number of rotatable bonds is 3. The van der Waals surface area contributed by atoms with Gasteiger partial charge in [0.25, 0.3) is 0 Å². The maximum absolute atomic E-state index is 12.0. The van der Waals surface area contributed by atoms with E-state index in [-0.39, 0.29) is 5.78 Å². The number of ketones is 1. The van der Waals surface area contributed by atoms with Gasteiger partial charge in [-0.2, -0.15) is 0 Å². The Hall–Kier alpha value is -2.03. The van der Waals surface area contributed by atoms with Gasteiger partial charge in [0, 0.05) is 17.7 Å². The molecule has 0 saturated heterocycles. The first-order valence-electron chi connectivity index (χ1n) is 5.19. The third-order valence-electron chi connectivity index (χ3n) is 2.41. The van der Waals surface area contributed by atoms with Gasteiger partial charge in [0.1, 0.15) is 5.76 Å². The van der Waals surface area contributed by atoms with Crippen molar-refractivity contribution >= 4 is 11.5 Å². The minimum Gasteiger partial charge on any atom is -0.458 e. The number of hydrogen-bond acceptors (Lipinski definition) is 3. The van der Waals surface area contributed by atoms with Crippen LogP contribution in [0.4, 0.5) is 5.69 Å². The molecular weight excluding hydrogens is 202 g/mol. The molecule has 0 fully saturated rings. The smallest absolute Gasteiger partial charge is 0.228 e. The number of carbonyl (C=O) groups is 1. The van der Waals surface area contributed by atoms with Crippen LogP contribution in [-0.4, -0.2) is 5.78 Å². The van der Waals surface area contributed by atoms with Crippen molar-refractivity contribution in [1.29, 1.82) is 0 Å². The van der Waals surface area contributed by atoms with Crippen molar-refractivity contribution in [3.05, 3.63) is 53.5 Å². The van der Waals surface area contributed by atoms with Crippen LogP contribution in [-0.2, 0) is 6.42 Å². The van der Waals surface area contributed by atoms with Crippen LogP contribution in [0, 0.1) is 0 Å². The van der Waals surface area contributed by atoms with Gasteiger partial charge in [-0.3, -0.25) is 4.79 Å². The van der Waals surface area contributed by atoms with E-state index in [9.17, 15) is 4.79 Å². The number of hydrogen-bond donors (Lipinski definition) is 1. The highest BCUT2D eigenvalue weighted by Crippen LogP contribution is 2.15. The summed E-state index contributed by atoms with van der Waals surface area (Å²) in [4.78, 5) is 12.0. The van der Waals surface area contributed by atoms with Crippen molar-refractivity contribution in [2.45, 2.75) is 13.3 Å².